The highest BCUT2D eigenvalue weighted by Gasteiger charge is 2.18. The van der Waals surface area contributed by atoms with Gasteiger partial charge in [0.1, 0.15) is 0 Å². The predicted octanol–water partition coefficient (Wildman–Crippen LogP) is 1.43. The molecule has 0 aliphatic rings. The summed E-state index contributed by atoms with van der Waals surface area (Å²) < 4.78 is 26.9. The summed E-state index contributed by atoms with van der Waals surface area (Å²) in [5, 5.41) is 8.55. The maximum absolute atomic E-state index is 11.8. The van der Waals surface area contributed by atoms with Gasteiger partial charge in [0.15, 0.2) is 0 Å². The average molecular weight is 369 g/mol. The minimum Gasteiger partial charge on any atom is -0.481 e. The molecule has 1 atom stereocenters. The van der Waals surface area contributed by atoms with Crippen molar-refractivity contribution in [2.24, 2.45) is 0 Å². The van der Waals surface area contributed by atoms with Gasteiger partial charge in [-0.25, -0.2) is 13.1 Å². The number of halogens is 1. The fraction of sp³-hybridized carbons (Fsp3) is 0.300. The summed E-state index contributed by atoms with van der Waals surface area (Å²) in [6.07, 6.45) is -0.246. The third-order valence-electron chi connectivity index (χ3n) is 1.96. The van der Waals surface area contributed by atoms with E-state index in [4.69, 9.17) is 5.11 Å². The molecule has 94 valence electrons. The van der Waals surface area contributed by atoms with E-state index in [2.05, 4.69) is 27.3 Å². The fourth-order valence-electron chi connectivity index (χ4n) is 1.25. The number of hydrogen-bond acceptors (Lipinski definition) is 3. The van der Waals surface area contributed by atoms with Gasteiger partial charge in [-0.1, -0.05) is 0 Å². The van der Waals surface area contributed by atoms with Crippen molar-refractivity contribution in [3.63, 3.8) is 0 Å². The maximum Gasteiger partial charge on any atom is 0.304 e. The van der Waals surface area contributed by atoms with E-state index < -0.39 is 22.0 Å². The molecule has 0 spiro atoms. The molecule has 0 radical (unpaired) electrons. The quantitative estimate of drug-likeness (QED) is 0.770. The van der Waals surface area contributed by atoms with Crippen LogP contribution in [0, 0.1) is 3.57 Å². The number of sulfonamides is 1. The lowest BCUT2D eigenvalue weighted by atomic mass is 10.3. The zero-order chi connectivity index (χ0) is 13.1. The van der Waals surface area contributed by atoms with Gasteiger partial charge >= 0.3 is 5.97 Å². The molecule has 1 rings (SSSR count). The van der Waals surface area contributed by atoms with Crippen LogP contribution in [0.1, 0.15) is 13.3 Å². The molecule has 17 heavy (non-hydrogen) atoms. The van der Waals surface area contributed by atoms with Crippen molar-refractivity contribution in [2.75, 3.05) is 0 Å². The molecule has 0 bridgehead atoms. The van der Waals surface area contributed by atoms with Gasteiger partial charge in [0.2, 0.25) is 10.0 Å². The van der Waals surface area contributed by atoms with Gasteiger partial charge in [-0.05, 0) is 53.8 Å². The number of carboxylic acids is 1. The molecule has 0 fully saturated rings. The zero-order valence-corrected chi connectivity index (χ0v) is 12.0. The van der Waals surface area contributed by atoms with Crippen LogP contribution < -0.4 is 4.72 Å². The molecule has 0 aromatic heterocycles. The summed E-state index contributed by atoms with van der Waals surface area (Å²) >= 11 is 2.07. The lowest BCUT2D eigenvalue weighted by molar-refractivity contribution is -0.137. The smallest absolute Gasteiger partial charge is 0.304 e. The minimum atomic E-state index is -3.64. The van der Waals surface area contributed by atoms with E-state index in [-0.39, 0.29) is 11.3 Å². The standard InChI is InChI=1S/C10H12INO4S/c1-7(6-10(13)14)12-17(15,16)9-4-2-8(11)3-5-9/h2-5,7,12H,6H2,1H3,(H,13,14). The Morgan fingerprint density at radius 1 is 1.41 bits per heavy atom. The summed E-state index contributed by atoms with van der Waals surface area (Å²) in [5.41, 5.74) is 0. The summed E-state index contributed by atoms with van der Waals surface area (Å²) in [4.78, 5) is 10.6. The summed E-state index contributed by atoms with van der Waals surface area (Å²) in [6.45, 7) is 1.51. The van der Waals surface area contributed by atoms with E-state index in [0.717, 1.165) is 3.57 Å². The van der Waals surface area contributed by atoms with Gasteiger partial charge in [-0.2, -0.15) is 0 Å². The number of hydrogen-bond donors (Lipinski definition) is 2. The molecule has 0 amide bonds. The first-order valence-corrected chi connectivity index (χ1v) is 7.37. The van der Waals surface area contributed by atoms with Crippen LogP contribution in [0.5, 0.6) is 0 Å². The van der Waals surface area contributed by atoms with Crippen molar-refractivity contribution >= 4 is 38.6 Å². The van der Waals surface area contributed by atoms with Gasteiger partial charge in [-0.15, -0.1) is 0 Å². The number of aliphatic carboxylic acids is 1. The number of nitrogens with one attached hydrogen (secondary N) is 1. The summed E-state index contributed by atoms with van der Waals surface area (Å²) in [7, 11) is -3.64. The van der Waals surface area contributed by atoms with Crippen LogP contribution in [-0.2, 0) is 14.8 Å². The second-order valence-corrected chi connectivity index (χ2v) is 6.53. The Bertz CT molecular complexity index is 498. The Hall–Kier alpha value is -0.670. The van der Waals surface area contributed by atoms with E-state index in [1.165, 1.54) is 19.1 Å². The molecule has 0 aliphatic carbocycles. The van der Waals surface area contributed by atoms with Crippen LogP contribution >= 0.6 is 22.6 Å². The number of rotatable bonds is 5. The van der Waals surface area contributed by atoms with E-state index in [0.29, 0.717) is 0 Å². The largest absolute Gasteiger partial charge is 0.481 e. The Kier molecular flexibility index (Phi) is 4.90. The van der Waals surface area contributed by atoms with Gasteiger partial charge in [0.25, 0.3) is 0 Å². The molecule has 2 N–H and O–H groups in total. The Labute approximate surface area is 113 Å². The molecule has 0 heterocycles. The topological polar surface area (TPSA) is 83.5 Å². The monoisotopic (exact) mass is 369 g/mol. The highest BCUT2D eigenvalue weighted by atomic mass is 127. The molecule has 1 unspecified atom stereocenters. The van der Waals surface area contributed by atoms with Crippen LogP contribution in [0.2, 0.25) is 0 Å². The second-order valence-electron chi connectivity index (χ2n) is 3.57. The van der Waals surface area contributed by atoms with Crippen molar-refractivity contribution in [1.29, 1.82) is 0 Å². The number of benzene rings is 1. The first kappa shape index (κ1) is 14.4. The van der Waals surface area contributed by atoms with Gasteiger partial charge in [-0.3, -0.25) is 4.79 Å². The van der Waals surface area contributed by atoms with Crippen molar-refractivity contribution in [3.05, 3.63) is 27.8 Å². The molecule has 5 nitrogen and oxygen atoms in total. The lowest BCUT2D eigenvalue weighted by Gasteiger charge is -2.12. The molecule has 0 saturated carbocycles. The molecular weight excluding hydrogens is 357 g/mol. The lowest BCUT2D eigenvalue weighted by Crippen LogP contribution is -2.34. The predicted molar refractivity (Wildman–Crippen MR) is 71.2 cm³/mol. The molecule has 0 saturated heterocycles. The van der Waals surface area contributed by atoms with Crippen molar-refractivity contribution < 1.29 is 18.3 Å². The van der Waals surface area contributed by atoms with Crippen molar-refractivity contribution in [3.8, 4) is 0 Å². The molecule has 1 aromatic rings. The maximum atomic E-state index is 11.8. The molecule has 7 heteroatoms. The van der Waals surface area contributed by atoms with E-state index in [1.54, 1.807) is 12.1 Å². The highest BCUT2D eigenvalue weighted by Crippen LogP contribution is 2.12. The summed E-state index contributed by atoms with van der Waals surface area (Å²) in [5.74, 6) is -1.04. The SMILES string of the molecule is CC(CC(=O)O)NS(=O)(=O)c1ccc(I)cc1. The van der Waals surface area contributed by atoms with Gasteiger partial charge < -0.3 is 5.11 Å². The normalized spacial score (nSPS) is 13.3. The highest BCUT2D eigenvalue weighted by molar-refractivity contribution is 14.1. The van der Waals surface area contributed by atoms with Crippen molar-refractivity contribution in [1.82, 2.24) is 4.72 Å². The van der Waals surface area contributed by atoms with Crippen LogP contribution in [0.4, 0.5) is 0 Å². The van der Waals surface area contributed by atoms with Crippen molar-refractivity contribution in [2.45, 2.75) is 24.3 Å². The van der Waals surface area contributed by atoms with E-state index >= 15 is 0 Å². The second kappa shape index (κ2) is 5.78. The first-order chi connectivity index (χ1) is 7.81. The number of carboxylic acid groups (broad SMARTS) is 1. The summed E-state index contributed by atoms with van der Waals surface area (Å²) in [6, 6.07) is 5.68. The van der Waals surface area contributed by atoms with Gasteiger partial charge in [0, 0.05) is 9.61 Å². The number of carbonyl (C=O) groups is 1. The molecular formula is C10H12INO4S. The van der Waals surface area contributed by atoms with Gasteiger partial charge in [0.05, 0.1) is 11.3 Å². The first-order valence-electron chi connectivity index (χ1n) is 4.81. The van der Waals surface area contributed by atoms with E-state index in [1.807, 2.05) is 0 Å². The third kappa shape index (κ3) is 4.60. The van der Waals surface area contributed by atoms with Crippen LogP contribution in [0.25, 0.3) is 0 Å². The zero-order valence-electron chi connectivity index (χ0n) is 9.05. The van der Waals surface area contributed by atoms with Crippen LogP contribution in [0.3, 0.4) is 0 Å². The Balaban J connectivity index is 2.82. The van der Waals surface area contributed by atoms with E-state index in [9.17, 15) is 13.2 Å². The Morgan fingerprint density at radius 3 is 2.41 bits per heavy atom. The molecule has 0 aliphatic heterocycles. The van der Waals surface area contributed by atoms with Crippen LogP contribution in [-0.4, -0.2) is 25.5 Å². The fourth-order valence-corrected chi connectivity index (χ4v) is 2.85. The third-order valence-corrected chi connectivity index (χ3v) is 4.29. The minimum absolute atomic E-state index is 0.134. The Morgan fingerprint density at radius 2 is 1.94 bits per heavy atom. The molecule has 1 aromatic carbocycles. The van der Waals surface area contributed by atoms with Crippen LogP contribution in [0.15, 0.2) is 29.2 Å². The average Bonchev–Trinajstić information content (AvgIpc) is 2.15.